The maximum Gasteiger partial charge on any atom is 0.254 e. The van der Waals surface area contributed by atoms with Crippen LogP contribution in [0, 0.1) is 5.92 Å². The van der Waals surface area contributed by atoms with Crippen LogP contribution in [-0.4, -0.2) is 54.7 Å². The molecule has 0 saturated carbocycles. The van der Waals surface area contributed by atoms with Gasteiger partial charge in [-0.25, -0.2) is 4.98 Å². The minimum Gasteiger partial charge on any atom is -0.374 e. The van der Waals surface area contributed by atoms with Crippen molar-refractivity contribution in [3.05, 3.63) is 46.8 Å². The first kappa shape index (κ1) is 15.6. The SMILES string of the molecule is O=C(c1ccsc1)N1CCO[C@@H]2CN(c3ccccn3)CC[C@@H]2C1. The number of ether oxygens (including phenoxy) is 1. The molecule has 2 aromatic rings. The van der Waals surface area contributed by atoms with E-state index in [1.807, 2.05) is 46.1 Å². The number of thiophene rings is 1. The normalized spacial score (nSPS) is 24.3. The topological polar surface area (TPSA) is 45.7 Å². The minimum atomic E-state index is 0.132. The van der Waals surface area contributed by atoms with Crippen LogP contribution < -0.4 is 4.90 Å². The molecular weight excluding hydrogens is 322 g/mol. The molecule has 24 heavy (non-hydrogen) atoms. The molecule has 0 N–H and O–H groups in total. The summed E-state index contributed by atoms with van der Waals surface area (Å²) in [5.41, 5.74) is 0.796. The molecule has 4 rings (SSSR count). The van der Waals surface area contributed by atoms with Gasteiger partial charge >= 0.3 is 0 Å². The van der Waals surface area contributed by atoms with Crippen LogP contribution >= 0.6 is 11.3 Å². The molecular formula is C18H21N3O2S. The number of fused-ring (bicyclic) bond motifs is 1. The molecule has 6 heteroatoms. The maximum atomic E-state index is 12.6. The van der Waals surface area contributed by atoms with Crippen LogP contribution in [0.25, 0.3) is 0 Å². The monoisotopic (exact) mass is 343 g/mol. The summed E-state index contributed by atoms with van der Waals surface area (Å²) >= 11 is 1.57. The van der Waals surface area contributed by atoms with Gasteiger partial charge in [-0.15, -0.1) is 0 Å². The summed E-state index contributed by atoms with van der Waals surface area (Å²) in [4.78, 5) is 21.3. The number of hydrogen-bond donors (Lipinski definition) is 0. The highest BCUT2D eigenvalue weighted by atomic mass is 32.1. The van der Waals surface area contributed by atoms with Gasteiger partial charge in [-0.2, -0.15) is 11.3 Å². The van der Waals surface area contributed by atoms with Crippen molar-refractivity contribution in [3.8, 4) is 0 Å². The number of nitrogens with zero attached hydrogens (tertiary/aromatic N) is 3. The fourth-order valence-corrected chi connectivity index (χ4v) is 4.18. The zero-order valence-corrected chi connectivity index (χ0v) is 14.3. The van der Waals surface area contributed by atoms with Gasteiger partial charge < -0.3 is 14.5 Å². The van der Waals surface area contributed by atoms with Gasteiger partial charge in [-0.1, -0.05) is 6.07 Å². The zero-order chi connectivity index (χ0) is 16.4. The van der Waals surface area contributed by atoms with E-state index in [0.29, 0.717) is 19.1 Å². The number of pyridine rings is 1. The Hall–Kier alpha value is -1.92. The van der Waals surface area contributed by atoms with Gasteiger partial charge in [0.25, 0.3) is 5.91 Å². The zero-order valence-electron chi connectivity index (χ0n) is 13.5. The van der Waals surface area contributed by atoms with Crippen molar-refractivity contribution < 1.29 is 9.53 Å². The van der Waals surface area contributed by atoms with Crippen LogP contribution in [0.5, 0.6) is 0 Å². The standard InChI is InChI=1S/C18H21N3O2S/c22-18(15-5-10-24-13-15)21-8-9-23-16-12-20(7-4-14(16)11-21)17-3-1-2-6-19-17/h1-3,5-6,10,13-14,16H,4,7-9,11-12H2/t14-,16-/m1/s1. The Kier molecular flexibility index (Phi) is 4.49. The third kappa shape index (κ3) is 3.16. The van der Waals surface area contributed by atoms with Gasteiger partial charge in [-0.3, -0.25) is 4.79 Å². The predicted octanol–water partition coefficient (Wildman–Crippen LogP) is 2.51. The smallest absolute Gasteiger partial charge is 0.254 e. The number of anilines is 1. The van der Waals surface area contributed by atoms with Crippen molar-refractivity contribution in [2.45, 2.75) is 12.5 Å². The van der Waals surface area contributed by atoms with Crippen LogP contribution in [0.4, 0.5) is 5.82 Å². The number of piperidine rings is 1. The molecule has 2 fully saturated rings. The van der Waals surface area contributed by atoms with Crippen molar-refractivity contribution in [2.75, 3.05) is 37.7 Å². The maximum absolute atomic E-state index is 12.6. The highest BCUT2D eigenvalue weighted by Gasteiger charge is 2.35. The van der Waals surface area contributed by atoms with E-state index in [-0.39, 0.29) is 12.0 Å². The molecule has 2 atom stereocenters. The molecule has 0 aliphatic carbocycles. The average molecular weight is 343 g/mol. The predicted molar refractivity (Wildman–Crippen MR) is 94.5 cm³/mol. The lowest BCUT2D eigenvalue weighted by Gasteiger charge is -2.38. The quantitative estimate of drug-likeness (QED) is 0.841. The van der Waals surface area contributed by atoms with Crippen LogP contribution in [0.3, 0.4) is 0 Å². The first-order chi connectivity index (χ1) is 11.8. The summed E-state index contributed by atoms with van der Waals surface area (Å²) in [7, 11) is 0. The fraction of sp³-hybridized carbons (Fsp3) is 0.444. The Balaban J connectivity index is 1.44. The number of hydrogen-bond acceptors (Lipinski definition) is 5. The van der Waals surface area contributed by atoms with Crippen LogP contribution in [-0.2, 0) is 4.74 Å². The molecule has 0 radical (unpaired) electrons. The lowest BCUT2D eigenvalue weighted by Crippen LogP contribution is -2.47. The lowest BCUT2D eigenvalue weighted by molar-refractivity contribution is 0.0251. The molecule has 0 spiro atoms. The van der Waals surface area contributed by atoms with Crippen molar-refractivity contribution in [1.29, 1.82) is 0 Å². The third-order valence-corrected chi connectivity index (χ3v) is 5.56. The van der Waals surface area contributed by atoms with E-state index in [1.54, 1.807) is 11.3 Å². The molecule has 2 saturated heterocycles. The van der Waals surface area contributed by atoms with Crippen LogP contribution in [0.2, 0.25) is 0 Å². The Labute approximate surface area is 145 Å². The second kappa shape index (κ2) is 6.91. The second-order valence-corrected chi connectivity index (χ2v) is 7.14. The molecule has 0 unspecified atom stereocenters. The second-order valence-electron chi connectivity index (χ2n) is 6.36. The molecule has 5 nitrogen and oxygen atoms in total. The van der Waals surface area contributed by atoms with E-state index in [9.17, 15) is 4.79 Å². The molecule has 126 valence electrons. The van der Waals surface area contributed by atoms with Crippen molar-refractivity contribution in [1.82, 2.24) is 9.88 Å². The van der Waals surface area contributed by atoms with E-state index in [2.05, 4.69) is 9.88 Å². The number of carbonyl (C=O) groups is 1. The van der Waals surface area contributed by atoms with Gasteiger partial charge in [-0.05, 0) is 30.0 Å². The molecule has 2 aliphatic heterocycles. The van der Waals surface area contributed by atoms with Gasteiger partial charge in [0.2, 0.25) is 0 Å². The summed E-state index contributed by atoms with van der Waals surface area (Å²) in [6, 6.07) is 7.90. The number of carbonyl (C=O) groups excluding carboxylic acids is 1. The Morgan fingerprint density at radius 1 is 1.25 bits per heavy atom. The Morgan fingerprint density at radius 3 is 3.00 bits per heavy atom. The summed E-state index contributed by atoms with van der Waals surface area (Å²) < 4.78 is 6.10. The van der Waals surface area contributed by atoms with Gasteiger partial charge in [0, 0.05) is 43.7 Å². The molecule has 0 aromatic carbocycles. The molecule has 0 bridgehead atoms. The number of rotatable bonds is 2. The molecule has 1 amide bonds. The largest absolute Gasteiger partial charge is 0.374 e. The van der Waals surface area contributed by atoms with Crippen LogP contribution in [0.1, 0.15) is 16.8 Å². The minimum absolute atomic E-state index is 0.132. The van der Waals surface area contributed by atoms with E-state index >= 15 is 0 Å². The Morgan fingerprint density at radius 2 is 2.21 bits per heavy atom. The van der Waals surface area contributed by atoms with Gasteiger partial charge in [0.1, 0.15) is 5.82 Å². The number of amides is 1. The summed E-state index contributed by atoms with van der Waals surface area (Å²) in [6.45, 7) is 3.87. The summed E-state index contributed by atoms with van der Waals surface area (Å²) in [6.07, 6.45) is 3.02. The van der Waals surface area contributed by atoms with Crippen molar-refractivity contribution >= 4 is 23.1 Å². The van der Waals surface area contributed by atoms with Crippen LogP contribution in [0.15, 0.2) is 41.2 Å². The first-order valence-corrected chi connectivity index (χ1v) is 9.34. The Bertz CT molecular complexity index is 677. The van der Waals surface area contributed by atoms with E-state index in [0.717, 1.165) is 37.4 Å². The van der Waals surface area contributed by atoms with E-state index in [4.69, 9.17) is 4.74 Å². The van der Waals surface area contributed by atoms with Crippen molar-refractivity contribution in [2.24, 2.45) is 5.92 Å². The lowest BCUT2D eigenvalue weighted by atomic mass is 9.93. The summed E-state index contributed by atoms with van der Waals surface area (Å²) in [5, 5.41) is 3.88. The molecule has 4 heterocycles. The highest BCUT2D eigenvalue weighted by Crippen LogP contribution is 2.27. The van der Waals surface area contributed by atoms with E-state index in [1.165, 1.54) is 0 Å². The van der Waals surface area contributed by atoms with E-state index < -0.39 is 0 Å². The van der Waals surface area contributed by atoms with Crippen molar-refractivity contribution in [3.63, 3.8) is 0 Å². The molecule has 2 aromatic heterocycles. The van der Waals surface area contributed by atoms with Gasteiger partial charge in [0.05, 0.1) is 18.3 Å². The first-order valence-electron chi connectivity index (χ1n) is 8.40. The highest BCUT2D eigenvalue weighted by molar-refractivity contribution is 7.08. The average Bonchev–Trinajstić information content (AvgIpc) is 3.08. The summed E-state index contributed by atoms with van der Waals surface area (Å²) in [5.74, 6) is 1.54. The fourth-order valence-electron chi connectivity index (χ4n) is 3.55. The van der Waals surface area contributed by atoms with Gasteiger partial charge in [0.15, 0.2) is 0 Å². The third-order valence-electron chi connectivity index (χ3n) is 4.87. The number of aromatic nitrogens is 1. The molecule has 2 aliphatic rings.